The van der Waals surface area contributed by atoms with E-state index in [0.717, 1.165) is 12.8 Å². The second-order valence-electron chi connectivity index (χ2n) is 7.03. The molecule has 8 nitrogen and oxygen atoms in total. The Labute approximate surface area is 171 Å². The van der Waals surface area contributed by atoms with Crippen molar-refractivity contribution in [3.05, 3.63) is 29.8 Å². The SMILES string of the molecule is C#CCC(NC(=O)C(C)NC)C(=O)N1CCCC1CNC(=O)c1ccccc1O. The van der Waals surface area contributed by atoms with Crippen molar-refractivity contribution < 1.29 is 19.5 Å². The van der Waals surface area contributed by atoms with Crippen LogP contribution in [0.15, 0.2) is 24.3 Å². The largest absolute Gasteiger partial charge is 0.507 e. The molecule has 0 bridgehead atoms. The number of rotatable bonds is 8. The molecule has 2 rings (SSSR count). The number of phenols is 1. The molecule has 0 aromatic heterocycles. The Bertz CT molecular complexity index is 789. The predicted molar refractivity (Wildman–Crippen MR) is 109 cm³/mol. The number of likely N-dealkylation sites (N-methyl/N-ethyl adjacent to an activating group) is 1. The van der Waals surface area contributed by atoms with Crippen LogP contribution < -0.4 is 16.0 Å². The fourth-order valence-electron chi connectivity index (χ4n) is 3.26. The van der Waals surface area contributed by atoms with Crippen LogP contribution in [0, 0.1) is 12.3 Å². The average molecular weight is 400 g/mol. The lowest BCUT2D eigenvalue weighted by molar-refractivity contribution is -0.137. The quantitative estimate of drug-likeness (QED) is 0.467. The maximum absolute atomic E-state index is 13.0. The maximum Gasteiger partial charge on any atom is 0.255 e. The molecule has 0 radical (unpaired) electrons. The number of likely N-dealkylation sites (tertiary alicyclic amines) is 1. The number of benzene rings is 1. The first kappa shape index (κ1) is 22.2. The molecule has 1 saturated heterocycles. The fourth-order valence-corrected chi connectivity index (χ4v) is 3.26. The van der Waals surface area contributed by atoms with E-state index in [1.54, 1.807) is 31.0 Å². The third-order valence-electron chi connectivity index (χ3n) is 5.07. The van der Waals surface area contributed by atoms with Crippen LogP contribution in [0.3, 0.4) is 0 Å². The Kier molecular flexibility index (Phi) is 8.04. The van der Waals surface area contributed by atoms with Crippen LogP contribution in [-0.2, 0) is 9.59 Å². The highest BCUT2D eigenvalue weighted by Crippen LogP contribution is 2.20. The van der Waals surface area contributed by atoms with Crippen LogP contribution >= 0.6 is 0 Å². The fraction of sp³-hybridized carbons (Fsp3) is 0.476. The van der Waals surface area contributed by atoms with Gasteiger partial charge in [-0.15, -0.1) is 12.3 Å². The van der Waals surface area contributed by atoms with Crippen LogP contribution in [-0.4, -0.2) is 66.0 Å². The molecule has 4 N–H and O–H groups in total. The van der Waals surface area contributed by atoms with Gasteiger partial charge in [0.15, 0.2) is 0 Å². The molecule has 8 heteroatoms. The molecule has 3 atom stereocenters. The first-order valence-electron chi connectivity index (χ1n) is 9.66. The molecule has 1 aliphatic heterocycles. The molecule has 1 aromatic rings. The molecule has 0 spiro atoms. The molecule has 0 aliphatic carbocycles. The van der Waals surface area contributed by atoms with E-state index in [4.69, 9.17) is 6.42 Å². The number of carbonyl (C=O) groups is 3. The molecule has 1 heterocycles. The van der Waals surface area contributed by atoms with E-state index < -0.39 is 18.0 Å². The Balaban J connectivity index is 2.01. The van der Waals surface area contributed by atoms with Crippen LogP contribution in [0.1, 0.15) is 36.5 Å². The number of aromatic hydroxyl groups is 1. The molecule has 0 saturated carbocycles. The molecule has 29 heavy (non-hydrogen) atoms. The van der Waals surface area contributed by atoms with Gasteiger partial charge < -0.3 is 26.0 Å². The van der Waals surface area contributed by atoms with Gasteiger partial charge in [0.25, 0.3) is 5.91 Å². The van der Waals surface area contributed by atoms with Gasteiger partial charge in [0, 0.05) is 25.6 Å². The van der Waals surface area contributed by atoms with Gasteiger partial charge in [-0.05, 0) is 38.9 Å². The van der Waals surface area contributed by atoms with Gasteiger partial charge in [-0.25, -0.2) is 0 Å². The van der Waals surface area contributed by atoms with Crippen LogP contribution in [0.25, 0.3) is 0 Å². The summed E-state index contributed by atoms with van der Waals surface area (Å²) in [5.41, 5.74) is 0.182. The second kappa shape index (κ2) is 10.5. The van der Waals surface area contributed by atoms with Crippen molar-refractivity contribution in [1.82, 2.24) is 20.9 Å². The van der Waals surface area contributed by atoms with E-state index in [9.17, 15) is 19.5 Å². The molecule has 1 aromatic carbocycles. The number of carbonyl (C=O) groups excluding carboxylic acids is 3. The highest BCUT2D eigenvalue weighted by molar-refractivity contribution is 5.96. The van der Waals surface area contributed by atoms with Gasteiger partial charge in [0.2, 0.25) is 11.8 Å². The molecule has 1 aliphatic rings. The van der Waals surface area contributed by atoms with Gasteiger partial charge in [-0.1, -0.05) is 12.1 Å². The highest BCUT2D eigenvalue weighted by atomic mass is 16.3. The van der Waals surface area contributed by atoms with Crippen LogP contribution in [0.4, 0.5) is 0 Å². The minimum Gasteiger partial charge on any atom is -0.507 e. The standard InChI is InChI=1S/C21H28N4O4/c1-4-8-17(24-19(27)14(2)22-3)21(29)25-12-7-9-15(25)13-23-20(28)16-10-5-6-11-18(16)26/h1,5-6,10-11,14-15,17,22,26H,7-9,12-13H2,2-3H3,(H,23,28)(H,24,27). The monoisotopic (exact) mass is 400 g/mol. The number of hydrogen-bond donors (Lipinski definition) is 4. The van der Waals surface area contributed by atoms with Gasteiger partial charge >= 0.3 is 0 Å². The number of amides is 3. The zero-order chi connectivity index (χ0) is 21.4. The van der Waals surface area contributed by atoms with Crippen molar-refractivity contribution in [2.24, 2.45) is 0 Å². The molecule has 3 unspecified atom stereocenters. The number of nitrogens with zero attached hydrogens (tertiary/aromatic N) is 1. The highest BCUT2D eigenvalue weighted by Gasteiger charge is 2.34. The van der Waals surface area contributed by atoms with Gasteiger partial charge in [-0.2, -0.15) is 0 Å². The van der Waals surface area contributed by atoms with Crippen molar-refractivity contribution in [2.45, 2.75) is 44.3 Å². The molecular weight excluding hydrogens is 372 g/mol. The Morgan fingerprint density at radius 1 is 1.34 bits per heavy atom. The number of para-hydroxylation sites is 1. The molecule has 156 valence electrons. The summed E-state index contributed by atoms with van der Waals surface area (Å²) in [6.45, 7) is 2.48. The van der Waals surface area contributed by atoms with E-state index in [2.05, 4.69) is 21.9 Å². The maximum atomic E-state index is 13.0. The van der Waals surface area contributed by atoms with Crippen molar-refractivity contribution in [2.75, 3.05) is 20.1 Å². The Morgan fingerprint density at radius 3 is 2.72 bits per heavy atom. The summed E-state index contributed by atoms with van der Waals surface area (Å²) in [6, 6.07) is 4.82. The first-order valence-corrected chi connectivity index (χ1v) is 9.66. The molecular formula is C21H28N4O4. The number of terminal acetylenes is 1. The van der Waals surface area contributed by atoms with E-state index in [0.29, 0.717) is 6.54 Å². The smallest absolute Gasteiger partial charge is 0.255 e. The lowest BCUT2D eigenvalue weighted by atomic mass is 10.1. The minimum absolute atomic E-state index is 0.0917. The number of hydrogen-bond acceptors (Lipinski definition) is 5. The Hall–Kier alpha value is -3.05. The molecule has 1 fully saturated rings. The zero-order valence-electron chi connectivity index (χ0n) is 16.8. The summed E-state index contributed by atoms with van der Waals surface area (Å²) in [4.78, 5) is 39.2. The first-order chi connectivity index (χ1) is 13.9. The van der Waals surface area contributed by atoms with Crippen molar-refractivity contribution in [3.8, 4) is 18.1 Å². The normalized spacial score (nSPS) is 17.8. The van der Waals surface area contributed by atoms with E-state index in [1.807, 2.05) is 0 Å². The van der Waals surface area contributed by atoms with E-state index in [1.165, 1.54) is 12.1 Å². The number of nitrogens with one attached hydrogen (secondary N) is 3. The van der Waals surface area contributed by atoms with Crippen molar-refractivity contribution in [1.29, 1.82) is 0 Å². The summed E-state index contributed by atoms with van der Waals surface area (Å²) < 4.78 is 0. The second-order valence-corrected chi connectivity index (χ2v) is 7.03. The lowest BCUT2D eigenvalue weighted by Crippen LogP contribution is -2.54. The number of phenolic OH excluding ortho intramolecular Hbond substituents is 1. The zero-order valence-corrected chi connectivity index (χ0v) is 16.8. The van der Waals surface area contributed by atoms with E-state index >= 15 is 0 Å². The topological polar surface area (TPSA) is 111 Å². The average Bonchev–Trinajstić information content (AvgIpc) is 3.19. The summed E-state index contributed by atoms with van der Waals surface area (Å²) >= 11 is 0. The van der Waals surface area contributed by atoms with Crippen LogP contribution in [0.2, 0.25) is 0 Å². The van der Waals surface area contributed by atoms with E-state index in [-0.39, 0.29) is 42.1 Å². The van der Waals surface area contributed by atoms with Crippen molar-refractivity contribution >= 4 is 17.7 Å². The minimum atomic E-state index is -0.808. The summed E-state index contributed by atoms with van der Waals surface area (Å²) in [5.74, 6) is 1.39. The van der Waals surface area contributed by atoms with Gasteiger partial charge in [0.05, 0.1) is 11.6 Å². The van der Waals surface area contributed by atoms with Gasteiger partial charge in [-0.3, -0.25) is 14.4 Å². The lowest BCUT2D eigenvalue weighted by Gasteiger charge is -2.29. The molecule has 3 amide bonds. The Morgan fingerprint density at radius 2 is 2.07 bits per heavy atom. The van der Waals surface area contributed by atoms with Crippen molar-refractivity contribution in [3.63, 3.8) is 0 Å². The third-order valence-corrected chi connectivity index (χ3v) is 5.07. The predicted octanol–water partition coefficient (Wildman–Crippen LogP) is 0.229. The third kappa shape index (κ3) is 5.72. The van der Waals surface area contributed by atoms with Gasteiger partial charge in [0.1, 0.15) is 11.8 Å². The summed E-state index contributed by atoms with van der Waals surface area (Å²) in [5, 5.41) is 18.1. The summed E-state index contributed by atoms with van der Waals surface area (Å²) in [6.07, 6.45) is 7.02. The van der Waals surface area contributed by atoms with Crippen LogP contribution in [0.5, 0.6) is 5.75 Å². The summed E-state index contributed by atoms with van der Waals surface area (Å²) in [7, 11) is 1.66.